The van der Waals surface area contributed by atoms with Crippen LogP contribution in [0, 0.1) is 5.92 Å². The maximum atomic E-state index is 5.82. The standard InChI is InChI=1S/C22H29N3O3.ClH/c1-26-17-4-2-5-18(12-17)28-22-9-8-16(14-25-22)13-24-20-7-3-6-19(20)21-15-27-11-10-23-21;/h2,4-5,8-9,12,14,19-21,23-24H,3,6-7,10-11,13,15H2,1H3;1H. The molecular weight excluding hydrogens is 390 g/mol. The summed E-state index contributed by atoms with van der Waals surface area (Å²) >= 11 is 0. The van der Waals surface area contributed by atoms with Crippen molar-refractivity contribution in [3.05, 3.63) is 48.2 Å². The molecule has 158 valence electrons. The summed E-state index contributed by atoms with van der Waals surface area (Å²) in [5, 5.41) is 7.36. The van der Waals surface area contributed by atoms with E-state index in [-0.39, 0.29) is 12.4 Å². The third-order valence-corrected chi connectivity index (χ3v) is 5.67. The fourth-order valence-corrected chi connectivity index (χ4v) is 4.19. The second-order valence-electron chi connectivity index (χ2n) is 7.50. The van der Waals surface area contributed by atoms with Gasteiger partial charge in [0, 0.05) is 43.5 Å². The maximum Gasteiger partial charge on any atom is 0.219 e. The predicted molar refractivity (Wildman–Crippen MR) is 115 cm³/mol. The van der Waals surface area contributed by atoms with E-state index in [2.05, 4.69) is 21.7 Å². The molecule has 1 aromatic carbocycles. The highest BCUT2D eigenvalue weighted by atomic mass is 35.5. The molecular formula is C22H30ClN3O3. The van der Waals surface area contributed by atoms with Gasteiger partial charge in [-0.15, -0.1) is 12.4 Å². The number of aromatic nitrogens is 1. The van der Waals surface area contributed by atoms with Gasteiger partial charge in [-0.1, -0.05) is 18.6 Å². The molecule has 2 fully saturated rings. The highest BCUT2D eigenvalue weighted by Gasteiger charge is 2.34. The largest absolute Gasteiger partial charge is 0.497 e. The Kier molecular flexibility index (Phi) is 8.12. The van der Waals surface area contributed by atoms with Crippen LogP contribution in [0.4, 0.5) is 0 Å². The Bertz CT molecular complexity index is 753. The first kappa shape index (κ1) is 21.8. The first-order valence-electron chi connectivity index (χ1n) is 10.1. The van der Waals surface area contributed by atoms with E-state index in [1.807, 2.05) is 36.5 Å². The van der Waals surface area contributed by atoms with Gasteiger partial charge in [0.1, 0.15) is 11.5 Å². The first-order valence-corrected chi connectivity index (χ1v) is 10.1. The highest BCUT2D eigenvalue weighted by Crippen LogP contribution is 2.30. The van der Waals surface area contributed by atoms with Gasteiger partial charge in [0.2, 0.25) is 5.88 Å². The highest BCUT2D eigenvalue weighted by molar-refractivity contribution is 5.85. The fourth-order valence-electron chi connectivity index (χ4n) is 4.19. The Balaban J connectivity index is 0.00000240. The molecule has 4 rings (SSSR count). The average Bonchev–Trinajstić information content (AvgIpc) is 3.23. The second kappa shape index (κ2) is 10.8. The number of ether oxygens (including phenoxy) is 3. The van der Waals surface area contributed by atoms with Crippen molar-refractivity contribution in [2.24, 2.45) is 5.92 Å². The molecule has 29 heavy (non-hydrogen) atoms. The number of halogens is 1. The zero-order valence-electron chi connectivity index (χ0n) is 16.8. The summed E-state index contributed by atoms with van der Waals surface area (Å²) in [5.74, 6) is 2.71. The minimum atomic E-state index is 0. The summed E-state index contributed by atoms with van der Waals surface area (Å²) in [4.78, 5) is 4.45. The number of hydrogen-bond acceptors (Lipinski definition) is 6. The van der Waals surface area contributed by atoms with Gasteiger partial charge in [0.15, 0.2) is 0 Å². The number of methoxy groups -OCH3 is 1. The van der Waals surface area contributed by atoms with E-state index < -0.39 is 0 Å². The quantitative estimate of drug-likeness (QED) is 0.715. The number of nitrogens with zero attached hydrogens (tertiary/aromatic N) is 1. The van der Waals surface area contributed by atoms with Crippen molar-refractivity contribution in [3.63, 3.8) is 0 Å². The molecule has 1 aliphatic carbocycles. The van der Waals surface area contributed by atoms with E-state index >= 15 is 0 Å². The smallest absolute Gasteiger partial charge is 0.219 e. The van der Waals surface area contributed by atoms with E-state index in [0.717, 1.165) is 37.6 Å². The third kappa shape index (κ3) is 5.82. The molecule has 3 unspecified atom stereocenters. The topological polar surface area (TPSA) is 64.6 Å². The number of pyridine rings is 1. The van der Waals surface area contributed by atoms with Gasteiger partial charge in [-0.05, 0) is 36.5 Å². The summed E-state index contributed by atoms with van der Waals surface area (Å²) in [6.07, 6.45) is 5.66. The SMILES string of the molecule is COc1cccc(Oc2ccc(CNC3CCCC3C3COCCN3)cn2)c1.Cl. The molecule has 1 saturated heterocycles. The van der Waals surface area contributed by atoms with Crippen LogP contribution in [0.3, 0.4) is 0 Å². The molecule has 6 nitrogen and oxygen atoms in total. The zero-order chi connectivity index (χ0) is 19.2. The van der Waals surface area contributed by atoms with Crippen molar-refractivity contribution in [3.8, 4) is 17.4 Å². The molecule has 0 bridgehead atoms. The van der Waals surface area contributed by atoms with E-state index in [1.165, 1.54) is 19.3 Å². The summed E-state index contributed by atoms with van der Waals surface area (Å²) in [6, 6.07) is 12.5. The molecule has 1 aromatic heterocycles. The lowest BCUT2D eigenvalue weighted by Gasteiger charge is -2.33. The molecule has 0 radical (unpaired) electrons. The van der Waals surface area contributed by atoms with Gasteiger partial charge >= 0.3 is 0 Å². The van der Waals surface area contributed by atoms with Crippen LogP contribution in [0.5, 0.6) is 17.4 Å². The average molecular weight is 420 g/mol. The summed E-state index contributed by atoms with van der Waals surface area (Å²) in [6.45, 7) is 3.45. The van der Waals surface area contributed by atoms with Crippen molar-refractivity contribution in [1.29, 1.82) is 0 Å². The fraction of sp³-hybridized carbons (Fsp3) is 0.500. The molecule has 1 aliphatic heterocycles. The lowest BCUT2D eigenvalue weighted by molar-refractivity contribution is 0.0524. The number of morpholine rings is 1. The maximum absolute atomic E-state index is 5.82. The van der Waals surface area contributed by atoms with E-state index in [0.29, 0.717) is 29.6 Å². The Labute approximate surface area is 178 Å². The van der Waals surface area contributed by atoms with Crippen LogP contribution in [0.2, 0.25) is 0 Å². The Morgan fingerprint density at radius 2 is 2.10 bits per heavy atom. The Hall–Kier alpha value is -1.86. The zero-order valence-corrected chi connectivity index (χ0v) is 17.6. The Morgan fingerprint density at radius 3 is 2.86 bits per heavy atom. The van der Waals surface area contributed by atoms with Gasteiger partial charge in [-0.3, -0.25) is 0 Å². The van der Waals surface area contributed by atoms with Crippen LogP contribution < -0.4 is 20.1 Å². The van der Waals surface area contributed by atoms with Crippen molar-refractivity contribution in [2.75, 3.05) is 26.9 Å². The van der Waals surface area contributed by atoms with Crippen molar-refractivity contribution >= 4 is 12.4 Å². The lowest BCUT2D eigenvalue weighted by atomic mass is 9.94. The summed E-state index contributed by atoms with van der Waals surface area (Å²) in [5.41, 5.74) is 1.16. The number of hydrogen-bond donors (Lipinski definition) is 2. The van der Waals surface area contributed by atoms with Gasteiger partial charge in [0.25, 0.3) is 0 Å². The van der Waals surface area contributed by atoms with Crippen LogP contribution in [0.1, 0.15) is 24.8 Å². The molecule has 1 saturated carbocycles. The van der Waals surface area contributed by atoms with E-state index in [9.17, 15) is 0 Å². The summed E-state index contributed by atoms with van der Waals surface area (Å²) in [7, 11) is 1.64. The molecule has 7 heteroatoms. The van der Waals surface area contributed by atoms with Crippen LogP contribution in [-0.4, -0.2) is 43.9 Å². The normalized spacial score (nSPS) is 24.0. The van der Waals surface area contributed by atoms with Crippen LogP contribution >= 0.6 is 12.4 Å². The molecule has 2 heterocycles. The van der Waals surface area contributed by atoms with Gasteiger partial charge in [0.05, 0.1) is 20.3 Å². The molecule has 3 atom stereocenters. The molecule has 2 N–H and O–H groups in total. The lowest BCUT2D eigenvalue weighted by Crippen LogP contribution is -2.50. The van der Waals surface area contributed by atoms with E-state index in [4.69, 9.17) is 14.2 Å². The number of benzene rings is 1. The number of rotatable bonds is 7. The minimum absolute atomic E-state index is 0. The van der Waals surface area contributed by atoms with Gasteiger partial charge < -0.3 is 24.8 Å². The monoisotopic (exact) mass is 419 g/mol. The Morgan fingerprint density at radius 1 is 1.21 bits per heavy atom. The van der Waals surface area contributed by atoms with Crippen molar-refractivity contribution < 1.29 is 14.2 Å². The van der Waals surface area contributed by atoms with Gasteiger partial charge in [-0.2, -0.15) is 0 Å². The third-order valence-electron chi connectivity index (χ3n) is 5.67. The van der Waals surface area contributed by atoms with E-state index in [1.54, 1.807) is 7.11 Å². The molecule has 2 aliphatic rings. The van der Waals surface area contributed by atoms with Crippen LogP contribution in [0.25, 0.3) is 0 Å². The van der Waals surface area contributed by atoms with Crippen LogP contribution in [0.15, 0.2) is 42.6 Å². The molecule has 2 aromatic rings. The van der Waals surface area contributed by atoms with Crippen molar-refractivity contribution in [1.82, 2.24) is 15.6 Å². The van der Waals surface area contributed by atoms with Crippen LogP contribution in [-0.2, 0) is 11.3 Å². The molecule has 0 spiro atoms. The minimum Gasteiger partial charge on any atom is -0.497 e. The first-order chi connectivity index (χ1) is 13.8. The van der Waals surface area contributed by atoms with Crippen molar-refractivity contribution in [2.45, 2.75) is 37.9 Å². The number of nitrogens with one attached hydrogen (secondary N) is 2. The van der Waals surface area contributed by atoms with Gasteiger partial charge in [-0.25, -0.2) is 4.98 Å². The molecule has 0 amide bonds. The second-order valence-corrected chi connectivity index (χ2v) is 7.50. The summed E-state index contributed by atoms with van der Waals surface area (Å²) < 4.78 is 16.7. The predicted octanol–water partition coefficient (Wildman–Crippen LogP) is 3.55.